The standard InChI is InChI=1S/C4H9NO5/c6-2-1-4(7)3-10-5(8)9/h4,6-7H,1-3H2. The van der Waals surface area contributed by atoms with Crippen LogP contribution in [0.25, 0.3) is 0 Å². The summed E-state index contributed by atoms with van der Waals surface area (Å²) in [5, 5.41) is 25.5. The highest BCUT2D eigenvalue weighted by atomic mass is 17.0. The predicted octanol–water partition coefficient (Wildman–Crippen LogP) is -1.06. The molecule has 0 aliphatic rings. The van der Waals surface area contributed by atoms with Crippen LogP contribution in [0, 0.1) is 10.1 Å². The fourth-order valence-corrected chi connectivity index (χ4v) is 0.379. The fraction of sp³-hybridized carbons (Fsp3) is 1.00. The zero-order chi connectivity index (χ0) is 7.98. The van der Waals surface area contributed by atoms with Crippen molar-refractivity contribution >= 4 is 0 Å². The van der Waals surface area contributed by atoms with Crippen molar-refractivity contribution < 1.29 is 20.1 Å². The molecule has 0 spiro atoms. The maximum atomic E-state index is 9.52. The monoisotopic (exact) mass is 151 g/mol. The third kappa shape index (κ3) is 5.26. The molecule has 0 aliphatic carbocycles. The molecule has 0 heterocycles. The van der Waals surface area contributed by atoms with E-state index < -0.39 is 11.2 Å². The second-order valence-electron chi connectivity index (χ2n) is 1.69. The van der Waals surface area contributed by atoms with Crippen LogP contribution in [-0.2, 0) is 4.84 Å². The summed E-state index contributed by atoms with van der Waals surface area (Å²) < 4.78 is 0. The first kappa shape index (κ1) is 9.12. The highest BCUT2D eigenvalue weighted by Crippen LogP contribution is 1.90. The van der Waals surface area contributed by atoms with E-state index in [9.17, 15) is 10.1 Å². The van der Waals surface area contributed by atoms with Crippen molar-refractivity contribution in [2.24, 2.45) is 0 Å². The number of hydrogen-bond acceptors (Lipinski definition) is 5. The van der Waals surface area contributed by atoms with Gasteiger partial charge in [-0.05, 0) is 6.42 Å². The zero-order valence-corrected chi connectivity index (χ0v) is 5.27. The summed E-state index contributed by atoms with van der Waals surface area (Å²) in [7, 11) is 0. The van der Waals surface area contributed by atoms with Gasteiger partial charge in [0.15, 0.2) is 0 Å². The van der Waals surface area contributed by atoms with Gasteiger partial charge in [0.05, 0.1) is 6.10 Å². The normalized spacial score (nSPS) is 12.6. The van der Waals surface area contributed by atoms with E-state index in [1.165, 1.54) is 0 Å². The number of hydrogen-bond donors (Lipinski definition) is 2. The molecule has 0 aliphatic heterocycles. The Kier molecular flexibility index (Phi) is 4.51. The molecule has 1 atom stereocenters. The minimum atomic E-state index is -0.986. The molecule has 2 N–H and O–H groups in total. The Labute approximate surface area is 57.1 Å². The van der Waals surface area contributed by atoms with Crippen LogP contribution in [0.1, 0.15) is 6.42 Å². The van der Waals surface area contributed by atoms with Crippen molar-refractivity contribution in [3.05, 3.63) is 10.1 Å². The Hall–Kier alpha value is -0.880. The first-order valence-electron chi connectivity index (χ1n) is 2.73. The first-order valence-corrected chi connectivity index (χ1v) is 2.73. The summed E-state index contributed by atoms with van der Waals surface area (Å²) >= 11 is 0. The smallest absolute Gasteiger partial charge is 0.294 e. The third-order valence-corrected chi connectivity index (χ3v) is 0.835. The van der Waals surface area contributed by atoms with E-state index in [0.717, 1.165) is 0 Å². The van der Waals surface area contributed by atoms with Crippen LogP contribution in [0.3, 0.4) is 0 Å². The molecule has 0 aromatic rings. The Balaban J connectivity index is 3.21. The van der Waals surface area contributed by atoms with Gasteiger partial charge in [-0.3, -0.25) is 0 Å². The Morgan fingerprint density at radius 3 is 2.70 bits per heavy atom. The van der Waals surface area contributed by atoms with Crippen molar-refractivity contribution in [2.45, 2.75) is 12.5 Å². The van der Waals surface area contributed by atoms with Gasteiger partial charge in [0.25, 0.3) is 5.09 Å². The molecule has 60 valence electrons. The van der Waals surface area contributed by atoms with Crippen LogP contribution in [0.4, 0.5) is 0 Å². The van der Waals surface area contributed by atoms with Crippen LogP contribution in [0.15, 0.2) is 0 Å². The van der Waals surface area contributed by atoms with E-state index in [1.807, 2.05) is 0 Å². The van der Waals surface area contributed by atoms with E-state index in [4.69, 9.17) is 10.2 Å². The SMILES string of the molecule is O=[N+]([O-])OCC(O)CCO. The van der Waals surface area contributed by atoms with Crippen molar-refractivity contribution in [3.63, 3.8) is 0 Å². The summed E-state index contributed by atoms with van der Waals surface area (Å²) in [4.78, 5) is 13.3. The minimum Gasteiger partial charge on any atom is -0.396 e. The summed E-state index contributed by atoms with van der Waals surface area (Å²) in [6, 6.07) is 0. The van der Waals surface area contributed by atoms with Crippen LogP contribution >= 0.6 is 0 Å². The Morgan fingerprint density at radius 2 is 2.30 bits per heavy atom. The van der Waals surface area contributed by atoms with Gasteiger partial charge in [0.1, 0.15) is 6.61 Å². The van der Waals surface area contributed by atoms with Crippen LogP contribution in [0.2, 0.25) is 0 Å². The minimum absolute atomic E-state index is 0.0911. The van der Waals surface area contributed by atoms with Crippen molar-refractivity contribution in [3.8, 4) is 0 Å². The van der Waals surface area contributed by atoms with Gasteiger partial charge in [0.2, 0.25) is 0 Å². The lowest BCUT2D eigenvalue weighted by Gasteiger charge is -2.05. The largest absolute Gasteiger partial charge is 0.396 e. The lowest BCUT2D eigenvalue weighted by molar-refractivity contribution is -0.759. The Morgan fingerprint density at radius 1 is 1.70 bits per heavy atom. The van der Waals surface area contributed by atoms with Gasteiger partial charge in [-0.1, -0.05) is 0 Å². The molecule has 0 fully saturated rings. The predicted molar refractivity (Wildman–Crippen MR) is 30.7 cm³/mol. The van der Waals surface area contributed by atoms with E-state index in [0.29, 0.717) is 0 Å². The number of aliphatic hydroxyl groups is 2. The topological polar surface area (TPSA) is 92.8 Å². The zero-order valence-electron chi connectivity index (χ0n) is 5.27. The molecule has 6 nitrogen and oxygen atoms in total. The molecule has 0 aromatic carbocycles. The molecular weight excluding hydrogens is 142 g/mol. The second kappa shape index (κ2) is 4.95. The van der Waals surface area contributed by atoms with Crippen molar-refractivity contribution in [2.75, 3.05) is 13.2 Å². The number of rotatable bonds is 5. The maximum absolute atomic E-state index is 9.52. The van der Waals surface area contributed by atoms with Gasteiger partial charge in [-0.2, -0.15) is 0 Å². The lowest BCUT2D eigenvalue weighted by atomic mass is 10.3. The molecule has 6 heteroatoms. The van der Waals surface area contributed by atoms with E-state index in [-0.39, 0.29) is 19.6 Å². The van der Waals surface area contributed by atoms with Crippen LogP contribution in [0.5, 0.6) is 0 Å². The first-order chi connectivity index (χ1) is 4.66. The average Bonchev–Trinajstić information content (AvgIpc) is 1.85. The highest BCUT2D eigenvalue weighted by Gasteiger charge is 2.04. The molecule has 0 saturated carbocycles. The maximum Gasteiger partial charge on any atom is 0.294 e. The third-order valence-electron chi connectivity index (χ3n) is 0.835. The van der Waals surface area contributed by atoms with E-state index in [2.05, 4.69) is 4.84 Å². The molecule has 0 aromatic heterocycles. The number of aliphatic hydroxyl groups excluding tert-OH is 2. The summed E-state index contributed by atoms with van der Waals surface area (Å²) in [6.07, 6.45) is -0.871. The van der Waals surface area contributed by atoms with E-state index in [1.54, 1.807) is 0 Å². The van der Waals surface area contributed by atoms with Crippen molar-refractivity contribution in [1.29, 1.82) is 0 Å². The van der Waals surface area contributed by atoms with Gasteiger partial charge in [-0.15, -0.1) is 10.1 Å². The van der Waals surface area contributed by atoms with Gasteiger partial charge < -0.3 is 15.1 Å². The molecule has 0 saturated heterocycles. The van der Waals surface area contributed by atoms with Crippen molar-refractivity contribution in [1.82, 2.24) is 0 Å². The summed E-state index contributed by atoms with van der Waals surface area (Å²) in [5.41, 5.74) is 0. The average molecular weight is 151 g/mol. The molecule has 0 rings (SSSR count). The summed E-state index contributed by atoms with van der Waals surface area (Å²) in [5.74, 6) is 0. The fourth-order valence-electron chi connectivity index (χ4n) is 0.379. The molecule has 1 unspecified atom stereocenters. The Bertz CT molecular complexity index is 106. The quantitative estimate of drug-likeness (QED) is 0.386. The highest BCUT2D eigenvalue weighted by molar-refractivity contribution is 4.49. The van der Waals surface area contributed by atoms with Gasteiger partial charge >= 0.3 is 0 Å². The molecule has 0 amide bonds. The molecule has 0 radical (unpaired) electrons. The number of nitrogens with zero attached hydrogens (tertiary/aromatic N) is 1. The molecule has 10 heavy (non-hydrogen) atoms. The molecular formula is C4H9NO5. The van der Waals surface area contributed by atoms with Crippen LogP contribution < -0.4 is 0 Å². The summed E-state index contributed by atoms with van der Waals surface area (Å²) in [6.45, 7) is -0.587. The van der Waals surface area contributed by atoms with E-state index >= 15 is 0 Å². The lowest BCUT2D eigenvalue weighted by Crippen LogP contribution is -2.18. The van der Waals surface area contributed by atoms with Gasteiger partial charge in [0, 0.05) is 6.61 Å². The second-order valence-corrected chi connectivity index (χ2v) is 1.69. The van der Waals surface area contributed by atoms with Gasteiger partial charge in [-0.25, -0.2) is 0 Å². The van der Waals surface area contributed by atoms with Crippen LogP contribution in [-0.4, -0.2) is 34.6 Å². The molecule has 0 bridgehead atoms.